The normalized spacial score (nSPS) is 15.2. The maximum atomic E-state index is 12.4. The van der Waals surface area contributed by atoms with Crippen molar-refractivity contribution in [1.82, 2.24) is 15.4 Å². The van der Waals surface area contributed by atoms with Gasteiger partial charge in [0.15, 0.2) is 0 Å². The van der Waals surface area contributed by atoms with Gasteiger partial charge in [-0.25, -0.2) is 13.1 Å². The number of carbonyl (C=O) groups excluding carboxylic acids is 1. The lowest BCUT2D eigenvalue weighted by Gasteiger charge is -2.23. The lowest BCUT2D eigenvalue weighted by atomic mass is 10.1. The van der Waals surface area contributed by atoms with Gasteiger partial charge in [-0.15, -0.1) is 23.7 Å². The van der Waals surface area contributed by atoms with Crippen molar-refractivity contribution in [3.8, 4) is 0 Å². The first-order valence-electron chi connectivity index (χ1n) is 8.18. The highest BCUT2D eigenvalue weighted by Crippen LogP contribution is 2.14. The van der Waals surface area contributed by atoms with Crippen molar-refractivity contribution < 1.29 is 13.2 Å². The molecule has 0 radical (unpaired) electrons. The van der Waals surface area contributed by atoms with Crippen molar-refractivity contribution >= 4 is 39.7 Å². The molecule has 142 valence electrons. The largest absolute Gasteiger partial charge is 0.349 e. The Hall–Kier alpha value is -1.45. The van der Waals surface area contributed by atoms with Crippen LogP contribution in [-0.4, -0.2) is 33.5 Å². The topological polar surface area (TPSA) is 87.3 Å². The molecule has 1 aromatic heterocycles. The maximum absolute atomic E-state index is 12.4. The second kappa shape index (κ2) is 9.48. The molecule has 2 heterocycles. The molecule has 0 aliphatic carbocycles. The van der Waals surface area contributed by atoms with Gasteiger partial charge < -0.3 is 10.6 Å². The Morgan fingerprint density at radius 1 is 1.19 bits per heavy atom. The molecule has 6 nitrogen and oxygen atoms in total. The average molecular weight is 416 g/mol. The Kier molecular flexibility index (Phi) is 7.60. The van der Waals surface area contributed by atoms with Crippen molar-refractivity contribution in [3.63, 3.8) is 0 Å². The molecule has 1 aliphatic heterocycles. The van der Waals surface area contributed by atoms with Crippen LogP contribution in [0.2, 0.25) is 0 Å². The molecule has 9 heteroatoms. The summed E-state index contributed by atoms with van der Waals surface area (Å²) >= 11 is 1.49. The van der Waals surface area contributed by atoms with E-state index >= 15 is 0 Å². The van der Waals surface area contributed by atoms with E-state index in [1.165, 1.54) is 23.5 Å². The fourth-order valence-electron chi connectivity index (χ4n) is 2.70. The Morgan fingerprint density at radius 3 is 2.65 bits per heavy atom. The minimum absolute atomic E-state index is 0. The number of hydrogen-bond acceptors (Lipinski definition) is 5. The van der Waals surface area contributed by atoms with Crippen LogP contribution < -0.4 is 15.4 Å². The van der Waals surface area contributed by atoms with Gasteiger partial charge in [0.2, 0.25) is 10.0 Å². The van der Waals surface area contributed by atoms with Crippen LogP contribution in [0.15, 0.2) is 46.7 Å². The molecule has 3 N–H and O–H groups in total. The van der Waals surface area contributed by atoms with E-state index in [1.54, 1.807) is 12.1 Å². The van der Waals surface area contributed by atoms with Crippen molar-refractivity contribution in [2.45, 2.75) is 30.3 Å². The summed E-state index contributed by atoms with van der Waals surface area (Å²) in [5.41, 5.74) is 0.359. The van der Waals surface area contributed by atoms with Crippen molar-refractivity contribution in [1.29, 1.82) is 0 Å². The van der Waals surface area contributed by atoms with Crippen LogP contribution in [0.1, 0.15) is 28.1 Å². The summed E-state index contributed by atoms with van der Waals surface area (Å²) in [5, 5.41) is 8.12. The summed E-state index contributed by atoms with van der Waals surface area (Å²) in [7, 11) is -3.66. The number of hydrogen-bond donors (Lipinski definition) is 3. The fourth-order valence-corrected chi connectivity index (χ4v) is 4.49. The van der Waals surface area contributed by atoms with E-state index in [9.17, 15) is 13.2 Å². The summed E-state index contributed by atoms with van der Waals surface area (Å²) in [6.45, 7) is 2.00. The predicted octanol–water partition coefficient (Wildman–Crippen LogP) is 2.13. The molecule has 3 rings (SSSR count). The van der Waals surface area contributed by atoms with Gasteiger partial charge in [-0.1, -0.05) is 12.1 Å². The third-order valence-corrected chi connectivity index (χ3v) is 6.37. The molecule has 1 amide bonds. The number of amides is 1. The zero-order chi connectivity index (χ0) is 17.7. The van der Waals surface area contributed by atoms with Gasteiger partial charge in [-0.2, -0.15) is 0 Å². The molecule has 0 bridgehead atoms. The van der Waals surface area contributed by atoms with Gasteiger partial charge in [0, 0.05) is 23.0 Å². The number of sulfonamides is 1. The monoisotopic (exact) mass is 415 g/mol. The van der Waals surface area contributed by atoms with Crippen molar-refractivity contribution in [2.24, 2.45) is 0 Å². The lowest BCUT2D eigenvalue weighted by molar-refractivity contribution is 0.0929. The zero-order valence-electron chi connectivity index (χ0n) is 14.1. The van der Waals surface area contributed by atoms with Gasteiger partial charge in [0.25, 0.3) is 5.91 Å². The quantitative estimate of drug-likeness (QED) is 0.674. The van der Waals surface area contributed by atoms with Gasteiger partial charge in [-0.05, 0) is 55.6 Å². The molecule has 0 atom stereocenters. The van der Waals surface area contributed by atoms with Crippen LogP contribution in [0.3, 0.4) is 0 Å². The van der Waals surface area contributed by atoms with Crippen LogP contribution in [0.5, 0.6) is 0 Å². The summed E-state index contributed by atoms with van der Waals surface area (Å²) in [4.78, 5) is 13.4. The lowest BCUT2D eigenvalue weighted by Crippen LogP contribution is -2.42. The molecule has 0 unspecified atom stereocenters. The van der Waals surface area contributed by atoms with E-state index in [1.807, 2.05) is 17.5 Å². The van der Waals surface area contributed by atoms with E-state index in [2.05, 4.69) is 15.4 Å². The molecule has 1 aromatic carbocycles. The van der Waals surface area contributed by atoms with Gasteiger partial charge in [0.05, 0.1) is 4.90 Å². The molecule has 1 saturated heterocycles. The Labute approximate surface area is 163 Å². The minimum Gasteiger partial charge on any atom is -0.349 e. The average Bonchev–Trinajstić information content (AvgIpc) is 3.15. The molecule has 0 spiro atoms. The Bertz CT molecular complexity index is 820. The van der Waals surface area contributed by atoms with Crippen LogP contribution >= 0.6 is 23.7 Å². The van der Waals surface area contributed by atoms with E-state index in [-0.39, 0.29) is 35.8 Å². The van der Waals surface area contributed by atoms with Gasteiger partial charge in [-0.3, -0.25) is 4.79 Å². The van der Waals surface area contributed by atoms with E-state index < -0.39 is 10.0 Å². The zero-order valence-corrected chi connectivity index (χ0v) is 16.6. The number of halogens is 1. The Morgan fingerprint density at radius 2 is 1.96 bits per heavy atom. The standard InChI is InChI=1S/C17H21N3O3S2.ClH/c21-17(20-14-6-8-18-9-7-14)13-3-1-5-16(11-13)25(22,23)19-12-15-4-2-10-24-15;/h1-5,10-11,14,18-19H,6-9,12H2,(H,20,21);1H. The van der Waals surface area contributed by atoms with E-state index in [0.29, 0.717) is 5.56 Å². The van der Waals surface area contributed by atoms with Gasteiger partial charge in [0.1, 0.15) is 0 Å². The predicted molar refractivity (Wildman–Crippen MR) is 105 cm³/mol. The Balaban J connectivity index is 0.00000243. The second-order valence-electron chi connectivity index (χ2n) is 5.93. The summed E-state index contributed by atoms with van der Waals surface area (Å²) in [5.74, 6) is -0.234. The van der Waals surface area contributed by atoms with E-state index in [4.69, 9.17) is 0 Å². The summed E-state index contributed by atoms with van der Waals surface area (Å²) < 4.78 is 27.5. The highest BCUT2D eigenvalue weighted by Gasteiger charge is 2.19. The molecule has 26 heavy (non-hydrogen) atoms. The molecule has 1 fully saturated rings. The third kappa shape index (κ3) is 5.52. The molecule has 2 aromatic rings. The number of benzene rings is 1. The first-order valence-corrected chi connectivity index (χ1v) is 10.5. The summed E-state index contributed by atoms with van der Waals surface area (Å²) in [6, 6.07) is 10.0. The molecule has 1 aliphatic rings. The highest BCUT2D eigenvalue weighted by atomic mass is 35.5. The molecular weight excluding hydrogens is 394 g/mol. The maximum Gasteiger partial charge on any atom is 0.251 e. The number of rotatable bonds is 6. The highest BCUT2D eigenvalue weighted by molar-refractivity contribution is 7.89. The van der Waals surface area contributed by atoms with Crippen LogP contribution in [-0.2, 0) is 16.6 Å². The first-order chi connectivity index (χ1) is 12.0. The minimum atomic E-state index is -3.66. The smallest absolute Gasteiger partial charge is 0.251 e. The van der Waals surface area contributed by atoms with Crippen LogP contribution in [0.25, 0.3) is 0 Å². The van der Waals surface area contributed by atoms with Crippen LogP contribution in [0.4, 0.5) is 0 Å². The van der Waals surface area contributed by atoms with Crippen molar-refractivity contribution in [2.75, 3.05) is 13.1 Å². The van der Waals surface area contributed by atoms with Gasteiger partial charge >= 0.3 is 0 Å². The number of thiophene rings is 1. The SMILES string of the molecule is Cl.O=C(NC1CCNCC1)c1cccc(S(=O)(=O)NCc2cccs2)c1. The number of nitrogens with one attached hydrogen (secondary N) is 3. The van der Waals surface area contributed by atoms with E-state index in [0.717, 1.165) is 30.8 Å². The van der Waals surface area contributed by atoms with Crippen LogP contribution in [0, 0.1) is 0 Å². The molecule has 0 saturated carbocycles. The first kappa shape index (κ1) is 20.9. The fraction of sp³-hybridized carbons (Fsp3) is 0.353. The van der Waals surface area contributed by atoms with Crippen molar-refractivity contribution in [3.05, 3.63) is 52.2 Å². The molecular formula is C17H22ClN3O3S2. The number of piperidine rings is 1. The summed E-state index contributed by atoms with van der Waals surface area (Å²) in [6.07, 6.45) is 1.76. The second-order valence-corrected chi connectivity index (χ2v) is 8.73. The number of carbonyl (C=O) groups is 1. The third-order valence-electron chi connectivity index (χ3n) is 4.10.